The average molecular weight is 258 g/mol. The van der Waals surface area contributed by atoms with E-state index in [1.165, 1.54) is 13.1 Å². The van der Waals surface area contributed by atoms with Crippen molar-refractivity contribution < 1.29 is 0 Å². The van der Waals surface area contributed by atoms with E-state index in [0.717, 1.165) is 52.4 Å². The molecule has 0 aliphatic carbocycles. The number of nitrogens with zero attached hydrogens (tertiary/aromatic N) is 3. The number of hydrogen-bond donors (Lipinski definition) is 1. The van der Waals surface area contributed by atoms with Crippen LogP contribution in [0.2, 0.25) is 0 Å². The molecule has 0 radical (unpaired) electrons. The summed E-state index contributed by atoms with van der Waals surface area (Å²) in [6.45, 7) is 19.9. The van der Waals surface area contributed by atoms with Crippen molar-refractivity contribution in [3.8, 4) is 0 Å². The molecule has 0 saturated heterocycles. The highest BCUT2D eigenvalue weighted by molar-refractivity contribution is 4.64. The fourth-order valence-corrected chi connectivity index (χ4v) is 2.14. The SMILES string of the molecule is CCN(CC)CCN(CC)CCN(CC)CCN. The highest BCUT2D eigenvalue weighted by Gasteiger charge is 2.07. The summed E-state index contributed by atoms with van der Waals surface area (Å²) in [4.78, 5) is 7.46. The molecular formula is C14H34N4. The molecule has 4 heteroatoms. The van der Waals surface area contributed by atoms with Crippen LogP contribution in [0.25, 0.3) is 0 Å². The maximum Gasteiger partial charge on any atom is 0.0110 e. The van der Waals surface area contributed by atoms with Gasteiger partial charge in [0.1, 0.15) is 0 Å². The van der Waals surface area contributed by atoms with Gasteiger partial charge in [0, 0.05) is 39.3 Å². The van der Waals surface area contributed by atoms with Crippen LogP contribution in [0, 0.1) is 0 Å². The maximum absolute atomic E-state index is 5.62. The quantitative estimate of drug-likeness (QED) is 0.565. The Morgan fingerprint density at radius 1 is 0.556 bits per heavy atom. The van der Waals surface area contributed by atoms with Crippen LogP contribution in [0.5, 0.6) is 0 Å². The Labute approximate surface area is 114 Å². The Morgan fingerprint density at radius 3 is 1.22 bits per heavy atom. The van der Waals surface area contributed by atoms with E-state index in [-0.39, 0.29) is 0 Å². The topological polar surface area (TPSA) is 35.7 Å². The van der Waals surface area contributed by atoms with Gasteiger partial charge in [-0.15, -0.1) is 0 Å². The molecule has 110 valence electrons. The van der Waals surface area contributed by atoms with Crippen molar-refractivity contribution in [2.45, 2.75) is 27.7 Å². The van der Waals surface area contributed by atoms with Gasteiger partial charge in [-0.1, -0.05) is 27.7 Å². The van der Waals surface area contributed by atoms with Crippen molar-refractivity contribution in [3.05, 3.63) is 0 Å². The lowest BCUT2D eigenvalue weighted by atomic mass is 10.3. The van der Waals surface area contributed by atoms with Crippen molar-refractivity contribution in [1.82, 2.24) is 14.7 Å². The fourth-order valence-electron chi connectivity index (χ4n) is 2.14. The first-order chi connectivity index (χ1) is 8.71. The number of rotatable bonds is 12. The summed E-state index contributed by atoms with van der Waals surface area (Å²) in [5.74, 6) is 0. The zero-order valence-corrected chi connectivity index (χ0v) is 13.0. The van der Waals surface area contributed by atoms with Gasteiger partial charge in [-0.3, -0.25) is 0 Å². The van der Waals surface area contributed by atoms with E-state index in [2.05, 4.69) is 42.4 Å². The van der Waals surface area contributed by atoms with E-state index in [4.69, 9.17) is 5.73 Å². The second-order valence-electron chi connectivity index (χ2n) is 4.68. The van der Waals surface area contributed by atoms with E-state index in [9.17, 15) is 0 Å². The molecule has 0 aromatic carbocycles. The van der Waals surface area contributed by atoms with Gasteiger partial charge < -0.3 is 20.4 Å². The minimum absolute atomic E-state index is 0.763. The number of hydrogen-bond acceptors (Lipinski definition) is 4. The first-order valence-corrected chi connectivity index (χ1v) is 7.58. The van der Waals surface area contributed by atoms with Crippen molar-refractivity contribution in [1.29, 1.82) is 0 Å². The highest BCUT2D eigenvalue weighted by Crippen LogP contribution is 1.94. The predicted molar refractivity (Wildman–Crippen MR) is 81.1 cm³/mol. The molecule has 0 aromatic rings. The Bertz CT molecular complexity index is 171. The molecule has 18 heavy (non-hydrogen) atoms. The molecule has 0 heterocycles. The minimum atomic E-state index is 0.763. The van der Waals surface area contributed by atoms with Gasteiger partial charge in [-0.2, -0.15) is 0 Å². The van der Waals surface area contributed by atoms with Crippen LogP contribution in [0.4, 0.5) is 0 Å². The largest absolute Gasteiger partial charge is 0.329 e. The van der Waals surface area contributed by atoms with Gasteiger partial charge in [-0.05, 0) is 26.2 Å². The standard InChI is InChI=1S/C14H34N4/c1-5-16(6-2)11-12-18(8-4)14-13-17(7-3)10-9-15/h5-15H2,1-4H3. The molecule has 0 spiro atoms. The van der Waals surface area contributed by atoms with E-state index in [1.54, 1.807) is 0 Å². The van der Waals surface area contributed by atoms with Crippen LogP contribution in [0.1, 0.15) is 27.7 Å². The average Bonchev–Trinajstić information content (AvgIpc) is 2.41. The lowest BCUT2D eigenvalue weighted by Gasteiger charge is -2.28. The molecular weight excluding hydrogens is 224 g/mol. The second kappa shape index (κ2) is 11.9. The van der Waals surface area contributed by atoms with Gasteiger partial charge in [0.2, 0.25) is 0 Å². The summed E-state index contributed by atoms with van der Waals surface area (Å²) in [5.41, 5.74) is 5.62. The normalized spacial score (nSPS) is 12.0. The third-order valence-corrected chi connectivity index (χ3v) is 3.70. The summed E-state index contributed by atoms with van der Waals surface area (Å²) in [6.07, 6.45) is 0. The van der Waals surface area contributed by atoms with Crippen LogP contribution in [0.15, 0.2) is 0 Å². The predicted octanol–water partition coefficient (Wildman–Crippen LogP) is 0.931. The zero-order valence-electron chi connectivity index (χ0n) is 13.0. The van der Waals surface area contributed by atoms with Gasteiger partial charge in [-0.25, -0.2) is 0 Å². The van der Waals surface area contributed by atoms with Gasteiger partial charge in [0.25, 0.3) is 0 Å². The van der Waals surface area contributed by atoms with Crippen LogP contribution in [-0.2, 0) is 0 Å². The maximum atomic E-state index is 5.62. The smallest absolute Gasteiger partial charge is 0.0110 e. The molecule has 0 amide bonds. The third-order valence-electron chi connectivity index (χ3n) is 3.70. The Hall–Kier alpha value is -0.160. The Balaban J connectivity index is 3.87. The molecule has 2 N–H and O–H groups in total. The first kappa shape index (κ1) is 17.8. The van der Waals surface area contributed by atoms with Gasteiger partial charge in [0.15, 0.2) is 0 Å². The van der Waals surface area contributed by atoms with Crippen molar-refractivity contribution in [3.63, 3.8) is 0 Å². The lowest BCUT2D eigenvalue weighted by Crippen LogP contribution is -2.40. The van der Waals surface area contributed by atoms with E-state index in [1.807, 2.05) is 0 Å². The summed E-state index contributed by atoms with van der Waals surface area (Å²) in [6, 6.07) is 0. The molecule has 0 aliphatic heterocycles. The first-order valence-electron chi connectivity index (χ1n) is 7.58. The lowest BCUT2D eigenvalue weighted by molar-refractivity contribution is 0.190. The summed E-state index contributed by atoms with van der Waals surface area (Å²) in [5, 5.41) is 0. The molecule has 0 atom stereocenters. The Morgan fingerprint density at radius 2 is 0.889 bits per heavy atom. The van der Waals surface area contributed by atoms with Crippen LogP contribution >= 0.6 is 0 Å². The van der Waals surface area contributed by atoms with Crippen LogP contribution in [0.3, 0.4) is 0 Å². The number of likely N-dealkylation sites (N-methyl/N-ethyl adjacent to an activating group) is 3. The summed E-state index contributed by atoms with van der Waals surface area (Å²) < 4.78 is 0. The van der Waals surface area contributed by atoms with Gasteiger partial charge >= 0.3 is 0 Å². The summed E-state index contributed by atoms with van der Waals surface area (Å²) in [7, 11) is 0. The molecule has 0 unspecified atom stereocenters. The van der Waals surface area contributed by atoms with Crippen molar-refractivity contribution in [2.24, 2.45) is 5.73 Å². The molecule has 0 rings (SSSR count). The van der Waals surface area contributed by atoms with Gasteiger partial charge in [0.05, 0.1) is 0 Å². The Kier molecular flexibility index (Phi) is 11.8. The van der Waals surface area contributed by atoms with Crippen molar-refractivity contribution in [2.75, 3.05) is 65.4 Å². The monoisotopic (exact) mass is 258 g/mol. The third kappa shape index (κ3) is 8.03. The molecule has 4 nitrogen and oxygen atoms in total. The van der Waals surface area contributed by atoms with E-state index < -0.39 is 0 Å². The molecule has 0 aromatic heterocycles. The molecule has 0 fully saturated rings. The number of nitrogens with two attached hydrogens (primary N) is 1. The van der Waals surface area contributed by atoms with E-state index >= 15 is 0 Å². The van der Waals surface area contributed by atoms with Crippen LogP contribution in [-0.4, -0.2) is 80.1 Å². The van der Waals surface area contributed by atoms with Crippen LogP contribution < -0.4 is 5.73 Å². The second-order valence-corrected chi connectivity index (χ2v) is 4.68. The highest BCUT2D eigenvalue weighted by atomic mass is 15.2. The molecule has 0 aliphatic rings. The zero-order chi connectivity index (χ0) is 13.8. The minimum Gasteiger partial charge on any atom is -0.329 e. The van der Waals surface area contributed by atoms with E-state index in [0.29, 0.717) is 0 Å². The summed E-state index contributed by atoms with van der Waals surface area (Å²) >= 11 is 0. The molecule has 0 saturated carbocycles. The fraction of sp³-hybridized carbons (Fsp3) is 1.00. The molecule has 0 bridgehead atoms. The van der Waals surface area contributed by atoms with Crippen molar-refractivity contribution >= 4 is 0 Å².